The predicted octanol–water partition coefficient (Wildman–Crippen LogP) is 1.03. The summed E-state index contributed by atoms with van der Waals surface area (Å²) in [6, 6.07) is 3.53. The zero-order valence-corrected chi connectivity index (χ0v) is 12.9. The van der Waals surface area contributed by atoms with Crippen molar-refractivity contribution in [3.63, 3.8) is 0 Å². The van der Waals surface area contributed by atoms with Crippen LogP contribution in [0.2, 0.25) is 0 Å². The molecule has 0 aliphatic rings. The highest BCUT2D eigenvalue weighted by atomic mass is 32.2. The maximum Gasteiger partial charge on any atom is 0.271 e. The topological polar surface area (TPSA) is 113 Å². The number of nitro benzene ring substituents is 1. The first kappa shape index (κ1) is 17.3. The van der Waals surface area contributed by atoms with Gasteiger partial charge in [0.05, 0.1) is 16.7 Å². The minimum atomic E-state index is -3.78. The molecule has 0 bridgehead atoms. The molecule has 1 aromatic carbocycles. The molecule has 9 heteroatoms. The molecule has 0 aliphatic carbocycles. The SMILES string of the molecule is CNc1cc([N+](=O)[O-])ccc1S(=O)(=O)N(C)CCC(C)O. The van der Waals surface area contributed by atoms with Gasteiger partial charge in [0.15, 0.2) is 0 Å². The molecular weight excluding hydrogens is 298 g/mol. The number of nitrogens with one attached hydrogen (secondary N) is 1. The molecule has 1 atom stereocenters. The summed E-state index contributed by atoms with van der Waals surface area (Å²) in [5.74, 6) is 0. The normalized spacial score (nSPS) is 13.2. The number of anilines is 1. The van der Waals surface area contributed by atoms with E-state index in [1.165, 1.54) is 26.2 Å². The fraction of sp³-hybridized carbons (Fsp3) is 0.500. The summed E-state index contributed by atoms with van der Waals surface area (Å²) in [4.78, 5) is 10.1. The van der Waals surface area contributed by atoms with Crippen LogP contribution < -0.4 is 5.32 Å². The van der Waals surface area contributed by atoms with E-state index in [1.54, 1.807) is 6.92 Å². The van der Waals surface area contributed by atoms with Crippen LogP contribution in [0.3, 0.4) is 0 Å². The van der Waals surface area contributed by atoms with Gasteiger partial charge in [0.2, 0.25) is 10.0 Å². The number of hydrogen-bond donors (Lipinski definition) is 2. The van der Waals surface area contributed by atoms with Crippen LogP contribution in [-0.4, -0.2) is 49.5 Å². The van der Waals surface area contributed by atoms with Crippen molar-refractivity contribution >= 4 is 21.4 Å². The summed E-state index contributed by atoms with van der Waals surface area (Å²) < 4.78 is 26.0. The van der Waals surface area contributed by atoms with Gasteiger partial charge in [-0.25, -0.2) is 12.7 Å². The van der Waals surface area contributed by atoms with Gasteiger partial charge in [-0.15, -0.1) is 0 Å². The quantitative estimate of drug-likeness (QED) is 0.573. The third-order valence-corrected chi connectivity index (χ3v) is 4.91. The third-order valence-electron chi connectivity index (χ3n) is 2.99. The van der Waals surface area contributed by atoms with Crippen LogP contribution in [0.5, 0.6) is 0 Å². The Hall–Kier alpha value is -1.71. The number of nitro groups is 1. The Balaban J connectivity index is 3.16. The van der Waals surface area contributed by atoms with Gasteiger partial charge in [0, 0.05) is 32.8 Å². The molecule has 0 saturated carbocycles. The van der Waals surface area contributed by atoms with Crippen LogP contribution in [-0.2, 0) is 10.0 Å². The van der Waals surface area contributed by atoms with Gasteiger partial charge in [-0.3, -0.25) is 10.1 Å². The number of rotatable bonds is 7. The highest BCUT2D eigenvalue weighted by molar-refractivity contribution is 7.89. The van der Waals surface area contributed by atoms with Crippen molar-refractivity contribution in [1.82, 2.24) is 4.31 Å². The number of non-ortho nitro benzene ring substituents is 1. The average molecular weight is 317 g/mol. The number of aliphatic hydroxyl groups excluding tert-OH is 1. The molecule has 0 radical (unpaired) electrons. The molecule has 0 aromatic heterocycles. The van der Waals surface area contributed by atoms with Gasteiger partial charge in [0.25, 0.3) is 5.69 Å². The van der Waals surface area contributed by atoms with Crippen molar-refractivity contribution in [3.8, 4) is 0 Å². The van der Waals surface area contributed by atoms with E-state index in [1.807, 2.05) is 0 Å². The monoisotopic (exact) mass is 317 g/mol. The minimum Gasteiger partial charge on any atom is -0.393 e. The smallest absolute Gasteiger partial charge is 0.271 e. The first-order valence-corrected chi connectivity index (χ1v) is 7.74. The highest BCUT2D eigenvalue weighted by Crippen LogP contribution is 2.28. The molecule has 0 spiro atoms. The van der Waals surface area contributed by atoms with Crippen LogP contribution in [0.15, 0.2) is 23.1 Å². The van der Waals surface area contributed by atoms with Crippen LogP contribution in [0.25, 0.3) is 0 Å². The molecule has 1 aromatic rings. The van der Waals surface area contributed by atoms with E-state index in [9.17, 15) is 23.6 Å². The van der Waals surface area contributed by atoms with Gasteiger partial charge in [-0.2, -0.15) is 0 Å². The lowest BCUT2D eigenvalue weighted by molar-refractivity contribution is -0.384. The molecule has 0 heterocycles. The molecule has 0 saturated heterocycles. The van der Waals surface area contributed by atoms with Crippen LogP contribution in [0, 0.1) is 10.1 Å². The van der Waals surface area contributed by atoms with Gasteiger partial charge in [-0.05, 0) is 19.4 Å². The Morgan fingerprint density at radius 3 is 2.57 bits per heavy atom. The maximum atomic E-state index is 12.4. The van der Waals surface area contributed by atoms with Gasteiger partial charge in [0.1, 0.15) is 4.90 Å². The lowest BCUT2D eigenvalue weighted by Crippen LogP contribution is -2.30. The fourth-order valence-corrected chi connectivity index (χ4v) is 3.07. The molecule has 1 unspecified atom stereocenters. The molecule has 0 amide bonds. The van der Waals surface area contributed by atoms with Crippen molar-refractivity contribution in [2.75, 3.05) is 26.0 Å². The van der Waals surface area contributed by atoms with Crippen LogP contribution in [0.1, 0.15) is 13.3 Å². The molecule has 0 fully saturated rings. The van der Waals surface area contributed by atoms with Gasteiger partial charge >= 0.3 is 0 Å². The average Bonchev–Trinajstić information content (AvgIpc) is 2.43. The number of sulfonamides is 1. The Labute approximate surface area is 123 Å². The minimum absolute atomic E-state index is 0.0382. The van der Waals surface area contributed by atoms with Gasteiger partial charge < -0.3 is 10.4 Å². The molecular formula is C12H19N3O5S. The van der Waals surface area contributed by atoms with Crippen molar-refractivity contribution in [3.05, 3.63) is 28.3 Å². The summed E-state index contributed by atoms with van der Waals surface area (Å²) >= 11 is 0. The van der Waals surface area contributed by atoms with Crippen LogP contribution >= 0.6 is 0 Å². The maximum absolute atomic E-state index is 12.4. The molecule has 0 aliphatic heterocycles. The van der Waals surface area contributed by atoms with E-state index in [0.29, 0.717) is 6.42 Å². The Kier molecular flexibility index (Phi) is 5.64. The highest BCUT2D eigenvalue weighted by Gasteiger charge is 2.25. The van der Waals surface area contributed by atoms with E-state index in [-0.39, 0.29) is 22.8 Å². The van der Waals surface area contributed by atoms with Crippen molar-refractivity contribution < 1.29 is 18.4 Å². The van der Waals surface area contributed by atoms with E-state index >= 15 is 0 Å². The zero-order chi connectivity index (χ0) is 16.2. The predicted molar refractivity (Wildman–Crippen MR) is 78.8 cm³/mol. The first-order chi connectivity index (χ1) is 9.70. The molecule has 1 rings (SSSR count). The summed E-state index contributed by atoms with van der Waals surface area (Å²) in [6.07, 6.45) is -0.305. The first-order valence-electron chi connectivity index (χ1n) is 6.30. The Morgan fingerprint density at radius 2 is 2.10 bits per heavy atom. The molecule has 21 heavy (non-hydrogen) atoms. The van der Waals surface area contributed by atoms with Crippen molar-refractivity contribution in [2.45, 2.75) is 24.3 Å². The Morgan fingerprint density at radius 1 is 1.48 bits per heavy atom. The Bertz CT molecular complexity index is 615. The van der Waals surface area contributed by atoms with E-state index < -0.39 is 21.1 Å². The van der Waals surface area contributed by atoms with Crippen LogP contribution in [0.4, 0.5) is 11.4 Å². The van der Waals surface area contributed by atoms with E-state index in [2.05, 4.69) is 5.32 Å². The molecule has 118 valence electrons. The second-order valence-corrected chi connectivity index (χ2v) is 6.67. The van der Waals surface area contributed by atoms with Gasteiger partial charge in [-0.1, -0.05) is 0 Å². The lowest BCUT2D eigenvalue weighted by Gasteiger charge is -2.19. The molecule has 2 N–H and O–H groups in total. The fourth-order valence-electron chi connectivity index (χ4n) is 1.71. The second kappa shape index (κ2) is 6.83. The van der Waals surface area contributed by atoms with E-state index in [4.69, 9.17) is 0 Å². The number of hydrogen-bond acceptors (Lipinski definition) is 6. The summed E-state index contributed by atoms with van der Waals surface area (Å²) in [5.41, 5.74) is -0.0296. The molecule has 8 nitrogen and oxygen atoms in total. The number of nitrogens with zero attached hydrogens (tertiary/aromatic N) is 2. The summed E-state index contributed by atoms with van der Waals surface area (Å²) in [7, 11) is -0.887. The summed E-state index contributed by atoms with van der Waals surface area (Å²) in [5, 5.41) is 22.6. The zero-order valence-electron chi connectivity index (χ0n) is 12.1. The third kappa shape index (κ3) is 4.13. The van der Waals surface area contributed by atoms with Crippen molar-refractivity contribution in [2.24, 2.45) is 0 Å². The second-order valence-electron chi connectivity index (χ2n) is 4.65. The number of benzene rings is 1. The van der Waals surface area contributed by atoms with Crippen molar-refractivity contribution in [1.29, 1.82) is 0 Å². The number of aliphatic hydroxyl groups is 1. The summed E-state index contributed by atoms with van der Waals surface area (Å²) in [6.45, 7) is 1.73. The lowest BCUT2D eigenvalue weighted by atomic mass is 10.3. The van der Waals surface area contributed by atoms with E-state index in [0.717, 1.165) is 10.4 Å². The standard InChI is InChI=1S/C12H19N3O5S/c1-9(16)6-7-14(3)21(19,20)12-5-4-10(15(17)18)8-11(12)13-2/h4-5,8-9,13,16H,6-7H2,1-3H3. The largest absolute Gasteiger partial charge is 0.393 e.